The SMILES string of the molecule is CCC(N)Cc1cnc(-c2cccs2)nc1. The maximum absolute atomic E-state index is 5.88. The molecule has 2 N–H and O–H groups in total. The fraction of sp³-hybridized carbons (Fsp3) is 0.333. The van der Waals surface area contributed by atoms with E-state index in [4.69, 9.17) is 5.73 Å². The molecule has 0 aliphatic heterocycles. The second-order valence-electron chi connectivity index (χ2n) is 3.76. The number of nitrogens with two attached hydrogens (primary N) is 1. The summed E-state index contributed by atoms with van der Waals surface area (Å²) in [6.07, 6.45) is 5.57. The van der Waals surface area contributed by atoms with Crippen molar-refractivity contribution in [2.24, 2.45) is 5.73 Å². The highest BCUT2D eigenvalue weighted by molar-refractivity contribution is 7.13. The van der Waals surface area contributed by atoms with Crippen molar-refractivity contribution >= 4 is 11.3 Å². The Balaban J connectivity index is 2.11. The van der Waals surface area contributed by atoms with Crippen LogP contribution in [0, 0.1) is 0 Å². The average Bonchev–Trinajstić information content (AvgIpc) is 2.83. The summed E-state index contributed by atoms with van der Waals surface area (Å²) < 4.78 is 0. The van der Waals surface area contributed by atoms with Crippen LogP contribution in [-0.4, -0.2) is 16.0 Å². The zero-order valence-electron chi connectivity index (χ0n) is 9.26. The van der Waals surface area contributed by atoms with Gasteiger partial charge in [-0.1, -0.05) is 13.0 Å². The van der Waals surface area contributed by atoms with Gasteiger partial charge in [-0.05, 0) is 29.9 Å². The second-order valence-corrected chi connectivity index (χ2v) is 4.71. The van der Waals surface area contributed by atoms with Crippen molar-refractivity contribution in [3.63, 3.8) is 0 Å². The molecule has 0 fully saturated rings. The van der Waals surface area contributed by atoms with E-state index in [1.54, 1.807) is 11.3 Å². The van der Waals surface area contributed by atoms with Crippen LogP contribution < -0.4 is 5.73 Å². The van der Waals surface area contributed by atoms with Crippen molar-refractivity contribution in [2.75, 3.05) is 0 Å². The van der Waals surface area contributed by atoms with Crippen LogP contribution in [0.2, 0.25) is 0 Å². The summed E-state index contributed by atoms with van der Waals surface area (Å²) in [6.45, 7) is 2.09. The molecule has 4 heteroatoms. The molecular weight excluding hydrogens is 218 g/mol. The van der Waals surface area contributed by atoms with Gasteiger partial charge < -0.3 is 5.73 Å². The van der Waals surface area contributed by atoms with Gasteiger partial charge >= 0.3 is 0 Å². The molecule has 0 spiro atoms. The molecule has 1 unspecified atom stereocenters. The van der Waals surface area contributed by atoms with Gasteiger partial charge in [0.05, 0.1) is 4.88 Å². The van der Waals surface area contributed by atoms with Gasteiger partial charge in [-0.3, -0.25) is 0 Å². The average molecular weight is 233 g/mol. The minimum atomic E-state index is 0.205. The van der Waals surface area contributed by atoms with Gasteiger partial charge in [0, 0.05) is 18.4 Å². The third-order valence-corrected chi connectivity index (χ3v) is 3.33. The van der Waals surface area contributed by atoms with Crippen LogP contribution in [0.25, 0.3) is 10.7 Å². The third-order valence-electron chi connectivity index (χ3n) is 2.47. The number of rotatable bonds is 4. The van der Waals surface area contributed by atoms with Crippen LogP contribution in [0.4, 0.5) is 0 Å². The molecule has 0 aliphatic carbocycles. The molecule has 0 aromatic carbocycles. The van der Waals surface area contributed by atoms with Crippen molar-refractivity contribution in [3.8, 4) is 10.7 Å². The van der Waals surface area contributed by atoms with Crippen molar-refractivity contribution in [3.05, 3.63) is 35.5 Å². The highest BCUT2D eigenvalue weighted by Crippen LogP contribution is 2.20. The monoisotopic (exact) mass is 233 g/mol. The number of hydrogen-bond acceptors (Lipinski definition) is 4. The van der Waals surface area contributed by atoms with Crippen molar-refractivity contribution < 1.29 is 0 Å². The Labute approximate surface area is 99.4 Å². The molecule has 0 aliphatic rings. The summed E-state index contributed by atoms with van der Waals surface area (Å²) in [5.74, 6) is 0.795. The first-order valence-corrected chi connectivity index (χ1v) is 6.28. The number of thiophene rings is 1. The number of nitrogens with zero attached hydrogens (tertiary/aromatic N) is 2. The quantitative estimate of drug-likeness (QED) is 0.882. The normalized spacial score (nSPS) is 12.6. The summed E-state index contributed by atoms with van der Waals surface area (Å²) in [5, 5.41) is 2.03. The van der Waals surface area contributed by atoms with E-state index in [2.05, 4.69) is 16.9 Å². The van der Waals surface area contributed by atoms with Crippen molar-refractivity contribution in [1.82, 2.24) is 9.97 Å². The molecule has 0 saturated heterocycles. The van der Waals surface area contributed by atoms with Gasteiger partial charge in [0.15, 0.2) is 5.82 Å². The van der Waals surface area contributed by atoms with E-state index in [-0.39, 0.29) is 6.04 Å². The van der Waals surface area contributed by atoms with Gasteiger partial charge in [0.2, 0.25) is 0 Å². The fourth-order valence-corrected chi connectivity index (χ4v) is 2.11. The molecular formula is C12H15N3S. The van der Waals surface area contributed by atoms with Gasteiger partial charge in [-0.2, -0.15) is 0 Å². The Morgan fingerprint density at radius 1 is 1.38 bits per heavy atom. The summed E-state index contributed by atoms with van der Waals surface area (Å²) >= 11 is 1.65. The number of aromatic nitrogens is 2. The predicted molar refractivity (Wildman–Crippen MR) is 67.3 cm³/mol. The maximum atomic E-state index is 5.88. The molecule has 0 amide bonds. The summed E-state index contributed by atoms with van der Waals surface area (Å²) in [7, 11) is 0. The zero-order valence-corrected chi connectivity index (χ0v) is 10.1. The van der Waals surface area contributed by atoms with E-state index >= 15 is 0 Å². The molecule has 0 radical (unpaired) electrons. The molecule has 2 heterocycles. The van der Waals surface area contributed by atoms with E-state index in [0.29, 0.717) is 0 Å². The van der Waals surface area contributed by atoms with Gasteiger partial charge in [-0.15, -0.1) is 11.3 Å². The Bertz CT molecular complexity index is 422. The second kappa shape index (κ2) is 5.18. The molecule has 16 heavy (non-hydrogen) atoms. The summed E-state index contributed by atoms with van der Waals surface area (Å²) in [5.41, 5.74) is 6.99. The molecule has 0 saturated carbocycles. The maximum Gasteiger partial charge on any atom is 0.169 e. The Kier molecular flexibility index (Phi) is 3.64. The minimum Gasteiger partial charge on any atom is -0.327 e. The minimum absolute atomic E-state index is 0.205. The van der Waals surface area contributed by atoms with Crippen LogP contribution in [-0.2, 0) is 6.42 Å². The van der Waals surface area contributed by atoms with Crippen LogP contribution in [0.5, 0.6) is 0 Å². The molecule has 2 rings (SSSR count). The highest BCUT2D eigenvalue weighted by atomic mass is 32.1. The Morgan fingerprint density at radius 2 is 2.12 bits per heavy atom. The van der Waals surface area contributed by atoms with Gasteiger partial charge in [-0.25, -0.2) is 9.97 Å². The molecule has 2 aromatic heterocycles. The zero-order chi connectivity index (χ0) is 11.4. The predicted octanol–water partition coefficient (Wildman–Crippen LogP) is 2.48. The molecule has 1 atom stereocenters. The van der Waals surface area contributed by atoms with Gasteiger partial charge in [0.25, 0.3) is 0 Å². The van der Waals surface area contributed by atoms with Crippen LogP contribution in [0.1, 0.15) is 18.9 Å². The van der Waals surface area contributed by atoms with Crippen molar-refractivity contribution in [1.29, 1.82) is 0 Å². The first-order chi connectivity index (χ1) is 7.79. The lowest BCUT2D eigenvalue weighted by molar-refractivity contribution is 0.643. The number of hydrogen-bond donors (Lipinski definition) is 1. The first kappa shape index (κ1) is 11.2. The summed E-state index contributed by atoms with van der Waals surface area (Å²) in [6, 6.07) is 4.23. The lowest BCUT2D eigenvalue weighted by atomic mass is 10.1. The topological polar surface area (TPSA) is 51.8 Å². The van der Waals surface area contributed by atoms with E-state index in [1.165, 1.54) is 0 Å². The Hall–Kier alpha value is -1.26. The first-order valence-electron chi connectivity index (χ1n) is 5.40. The Morgan fingerprint density at radius 3 is 2.69 bits per heavy atom. The van der Waals surface area contributed by atoms with Crippen LogP contribution in [0.3, 0.4) is 0 Å². The summed E-state index contributed by atoms with van der Waals surface area (Å²) in [4.78, 5) is 9.81. The van der Waals surface area contributed by atoms with Crippen molar-refractivity contribution in [2.45, 2.75) is 25.8 Å². The van der Waals surface area contributed by atoms with E-state index in [9.17, 15) is 0 Å². The molecule has 0 bridgehead atoms. The van der Waals surface area contributed by atoms with Gasteiger partial charge in [0.1, 0.15) is 0 Å². The van der Waals surface area contributed by atoms with E-state index < -0.39 is 0 Å². The third kappa shape index (κ3) is 2.65. The lowest BCUT2D eigenvalue weighted by Gasteiger charge is -2.07. The molecule has 84 valence electrons. The lowest BCUT2D eigenvalue weighted by Crippen LogP contribution is -2.21. The fourth-order valence-electron chi connectivity index (χ4n) is 1.44. The molecule has 2 aromatic rings. The smallest absolute Gasteiger partial charge is 0.169 e. The standard InChI is InChI=1S/C12H15N3S/c1-2-10(13)6-9-7-14-12(15-8-9)11-4-3-5-16-11/h3-5,7-8,10H,2,6,13H2,1H3. The molecule has 3 nitrogen and oxygen atoms in total. The highest BCUT2D eigenvalue weighted by Gasteiger charge is 2.04. The van der Waals surface area contributed by atoms with E-state index in [1.807, 2.05) is 29.9 Å². The van der Waals surface area contributed by atoms with E-state index in [0.717, 1.165) is 29.1 Å². The van der Waals surface area contributed by atoms with Crippen LogP contribution in [0.15, 0.2) is 29.9 Å². The largest absolute Gasteiger partial charge is 0.327 e. The van der Waals surface area contributed by atoms with Crippen LogP contribution >= 0.6 is 11.3 Å².